The van der Waals surface area contributed by atoms with Crippen molar-refractivity contribution in [2.45, 2.75) is 44.8 Å². The Balaban J connectivity index is 1.51. The molecule has 0 bridgehead atoms. The zero-order chi connectivity index (χ0) is 22.7. The number of aromatic nitrogens is 3. The Kier molecular flexibility index (Phi) is 6.30. The summed E-state index contributed by atoms with van der Waals surface area (Å²) in [5.74, 6) is 0.207. The Bertz CT molecular complexity index is 1050. The lowest BCUT2D eigenvalue weighted by Gasteiger charge is -2.40. The van der Waals surface area contributed by atoms with Gasteiger partial charge in [0.25, 0.3) is 5.91 Å². The Morgan fingerprint density at radius 3 is 2.59 bits per heavy atom. The molecule has 4 rings (SSSR count). The van der Waals surface area contributed by atoms with Gasteiger partial charge in [0.1, 0.15) is 5.69 Å². The van der Waals surface area contributed by atoms with Crippen LogP contribution in [-0.4, -0.2) is 38.2 Å². The number of para-hydroxylation sites is 1. The molecule has 32 heavy (non-hydrogen) atoms. The van der Waals surface area contributed by atoms with Gasteiger partial charge in [-0.3, -0.25) is 9.78 Å². The molecule has 3 heterocycles. The summed E-state index contributed by atoms with van der Waals surface area (Å²) in [6.45, 7) is 2.77. The number of nitrogens with zero attached hydrogens (tertiary/aromatic N) is 4. The lowest BCUT2D eigenvalue weighted by molar-refractivity contribution is -0.137. The second-order valence-corrected chi connectivity index (χ2v) is 8.22. The van der Waals surface area contributed by atoms with Gasteiger partial charge in [0.2, 0.25) is 0 Å². The maximum absolute atomic E-state index is 13.5. The predicted molar refractivity (Wildman–Crippen MR) is 114 cm³/mol. The summed E-state index contributed by atoms with van der Waals surface area (Å²) in [5.41, 5.74) is 1.16. The summed E-state index contributed by atoms with van der Waals surface area (Å²) < 4.78 is 40.0. The van der Waals surface area contributed by atoms with Crippen molar-refractivity contribution in [2.24, 2.45) is 5.92 Å². The van der Waals surface area contributed by atoms with Crippen LogP contribution in [0.25, 0.3) is 5.69 Å². The zero-order valence-corrected chi connectivity index (χ0v) is 17.8. The maximum atomic E-state index is 13.5. The van der Waals surface area contributed by atoms with Crippen LogP contribution in [0.3, 0.4) is 0 Å². The van der Waals surface area contributed by atoms with Gasteiger partial charge >= 0.3 is 6.18 Å². The van der Waals surface area contributed by atoms with Crippen molar-refractivity contribution in [3.63, 3.8) is 0 Å². The molecule has 2 atom stereocenters. The van der Waals surface area contributed by atoms with Crippen LogP contribution in [0, 0.1) is 5.92 Å². The van der Waals surface area contributed by atoms with E-state index >= 15 is 0 Å². The number of rotatable bonds is 5. The highest BCUT2D eigenvalue weighted by molar-refractivity contribution is 5.93. The van der Waals surface area contributed by atoms with Gasteiger partial charge < -0.3 is 4.90 Å². The fourth-order valence-corrected chi connectivity index (χ4v) is 4.36. The zero-order valence-electron chi connectivity index (χ0n) is 17.8. The minimum absolute atomic E-state index is 0.0144. The van der Waals surface area contributed by atoms with Gasteiger partial charge in [-0.25, -0.2) is 4.68 Å². The minimum atomic E-state index is -4.39. The summed E-state index contributed by atoms with van der Waals surface area (Å²) in [5, 5.41) is 4.34. The SMILES string of the molecule is C[C@@H]1CCCN(C(=O)c2ccnn2-c2ccccc2)[C@@H]1CCc1ccc(C(F)(F)F)cn1. The Morgan fingerprint density at radius 1 is 1.12 bits per heavy atom. The number of hydrogen-bond acceptors (Lipinski definition) is 3. The van der Waals surface area contributed by atoms with Crippen LogP contribution in [0.4, 0.5) is 13.2 Å². The van der Waals surface area contributed by atoms with E-state index in [1.807, 2.05) is 35.2 Å². The molecule has 0 aliphatic carbocycles. The van der Waals surface area contributed by atoms with Crippen molar-refractivity contribution in [1.82, 2.24) is 19.7 Å². The van der Waals surface area contributed by atoms with E-state index in [9.17, 15) is 18.0 Å². The highest BCUT2D eigenvalue weighted by atomic mass is 19.4. The first-order valence-corrected chi connectivity index (χ1v) is 10.8. The summed E-state index contributed by atoms with van der Waals surface area (Å²) in [7, 11) is 0. The number of aryl methyl sites for hydroxylation is 1. The maximum Gasteiger partial charge on any atom is 0.417 e. The largest absolute Gasteiger partial charge is 0.417 e. The molecular formula is C24H25F3N4O. The minimum Gasteiger partial charge on any atom is -0.334 e. The van der Waals surface area contributed by atoms with E-state index in [1.165, 1.54) is 6.07 Å². The molecule has 2 aromatic heterocycles. The van der Waals surface area contributed by atoms with Crippen LogP contribution < -0.4 is 0 Å². The molecule has 168 valence electrons. The third kappa shape index (κ3) is 4.69. The monoisotopic (exact) mass is 442 g/mol. The molecule has 0 spiro atoms. The lowest BCUT2D eigenvalue weighted by Crippen LogP contribution is -2.48. The number of benzene rings is 1. The van der Waals surface area contributed by atoms with Crippen LogP contribution in [-0.2, 0) is 12.6 Å². The van der Waals surface area contributed by atoms with Gasteiger partial charge in [-0.05, 0) is 61.9 Å². The van der Waals surface area contributed by atoms with Crippen molar-refractivity contribution >= 4 is 5.91 Å². The molecule has 1 aliphatic rings. The van der Waals surface area contributed by atoms with Crippen molar-refractivity contribution in [3.8, 4) is 5.69 Å². The lowest BCUT2D eigenvalue weighted by atomic mass is 9.87. The van der Waals surface area contributed by atoms with Gasteiger partial charge in [0.05, 0.1) is 17.4 Å². The molecule has 1 aliphatic heterocycles. The number of hydrogen-bond donors (Lipinski definition) is 0. The van der Waals surface area contributed by atoms with Crippen molar-refractivity contribution in [3.05, 3.63) is 77.9 Å². The molecular weight excluding hydrogens is 417 g/mol. The number of likely N-dealkylation sites (tertiary alicyclic amines) is 1. The Labute approximate surface area is 184 Å². The molecule has 1 amide bonds. The smallest absolute Gasteiger partial charge is 0.334 e. The molecule has 0 saturated carbocycles. The molecule has 3 aromatic rings. The third-order valence-electron chi connectivity index (χ3n) is 6.09. The summed E-state index contributed by atoms with van der Waals surface area (Å²) in [4.78, 5) is 19.4. The van der Waals surface area contributed by atoms with E-state index < -0.39 is 11.7 Å². The van der Waals surface area contributed by atoms with Crippen LogP contribution >= 0.6 is 0 Å². The first-order chi connectivity index (χ1) is 15.3. The number of carbonyl (C=O) groups excluding carboxylic acids is 1. The summed E-state index contributed by atoms with van der Waals surface area (Å²) in [6.07, 6.45) is 1.18. The van der Waals surface area contributed by atoms with E-state index in [0.29, 0.717) is 30.8 Å². The fraction of sp³-hybridized carbons (Fsp3) is 0.375. The average molecular weight is 442 g/mol. The predicted octanol–water partition coefficient (Wildman–Crippen LogP) is 5.16. The molecule has 1 aromatic carbocycles. The summed E-state index contributed by atoms with van der Waals surface area (Å²) >= 11 is 0. The van der Waals surface area contributed by atoms with Crippen LogP contribution in [0.15, 0.2) is 60.9 Å². The first-order valence-electron chi connectivity index (χ1n) is 10.8. The van der Waals surface area contributed by atoms with E-state index in [0.717, 1.165) is 30.8 Å². The Hall–Kier alpha value is -3.16. The quantitative estimate of drug-likeness (QED) is 0.549. The molecule has 8 heteroatoms. The number of alkyl halides is 3. The van der Waals surface area contributed by atoms with E-state index in [4.69, 9.17) is 0 Å². The number of amides is 1. The first kappa shape index (κ1) is 22.0. The Morgan fingerprint density at radius 2 is 1.91 bits per heavy atom. The molecule has 5 nitrogen and oxygen atoms in total. The van der Waals surface area contributed by atoms with Gasteiger partial charge in [0, 0.05) is 24.5 Å². The normalized spacial score (nSPS) is 19.2. The van der Waals surface area contributed by atoms with E-state index in [2.05, 4.69) is 17.0 Å². The van der Waals surface area contributed by atoms with Crippen LogP contribution in [0.5, 0.6) is 0 Å². The highest BCUT2D eigenvalue weighted by Gasteiger charge is 2.34. The highest BCUT2D eigenvalue weighted by Crippen LogP contribution is 2.30. The number of piperidine rings is 1. The van der Waals surface area contributed by atoms with E-state index in [1.54, 1.807) is 16.9 Å². The van der Waals surface area contributed by atoms with Crippen molar-refractivity contribution in [1.29, 1.82) is 0 Å². The number of pyridine rings is 1. The van der Waals surface area contributed by atoms with Crippen LogP contribution in [0.2, 0.25) is 0 Å². The number of carbonyl (C=O) groups is 1. The fourth-order valence-electron chi connectivity index (χ4n) is 4.36. The van der Waals surface area contributed by atoms with Gasteiger partial charge in [-0.1, -0.05) is 25.1 Å². The van der Waals surface area contributed by atoms with Gasteiger partial charge in [-0.2, -0.15) is 18.3 Å². The topological polar surface area (TPSA) is 51.0 Å². The second kappa shape index (κ2) is 9.14. The molecule has 0 unspecified atom stereocenters. The molecule has 1 fully saturated rings. The van der Waals surface area contributed by atoms with Crippen molar-refractivity contribution < 1.29 is 18.0 Å². The van der Waals surface area contributed by atoms with Crippen LogP contribution in [0.1, 0.15) is 47.9 Å². The standard InChI is InChI=1S/C24H25F3N4O/c1-17-6-5-15-30(21(17)12-11-19-10-9-18(16-28-19)24(25,26)27)23(32)22-13-14-29-31(22)20-7-3-2-4-8-20/h2-4,7-10,13-14,16-17,21H,5-6,11-12,15H2,1H3/t17-,21-/m1/s1. The van der Waals surface area contributed by atoms with Crippen molar-refractivity contribution in [2.75, 3.05) is 6.54 Å². The number of halogens is 3. The van der Waals surface area contributed by atoms with E-state index in [-0.39, 0.29) is 17.9 Å². The molecule has 1 saturated heterocycles. The molecule has 0 radical (unpaired) electrons. The second-order valence-electron chi connectivity index (χ2n) is 8.22. The van der Waals surface area contributed by atoms with Gasteiger partial charge in [-0.15, -0.1) is 0 Å². The average Bonchev–Trinajstić information content (AvgIpc) is 3.28. The third-order valence-corrected chi connectivity index (χ3v) is 6.09. The summed E-state index contributed by atoms with van der Waals surface area (Å²) in [6, 6.07) is 13.7. The molecule has 0 N–H and O–H groups in total. The van der Waals surface area contributed by atoms with Gasteiger partial charge in [0.15, 0.2) is 0 Å².